The number of fused-ring (bicyclic) bond motifs is 4. The molecule has 32 heavy (non-hydrogen) atoms. The molecule has 1 amide bonds. The van der Waals surface area contributed by atoms with Gasteiger partial charge in [-0.15, -0.1) is 10.2 Å². The van der Waals surface area contributed by atoms with Crippen LogP contribution in [0.4, 0.5) is 5.82 Å². The van der Waals surface area contributed by atoms with Gasteiger partial charge in [0.2, 0.25) is 0 Å². The summed E-state index contributed by atoms with van der Waals surface area (Å²) in [6.45, 7) is 3.23. The number of amides is 1. The molecular weight excluding hydrogens is 402 g/mol. The summed E-state index contributed by atoms with van der Waals surface area (Å²) in [5.41, 5.74) is 1.71. The van der Waals surface area contributed by atoms with Gasteiger partial charge in [-0.05, 0) is 73.9 Å². The number of methoxy groups -OCH3 is 1. The molecule has 3 saturated heterocycles. The second-order valence-corrected chi connectivity index (χ2v) is 9.44. The number of anilines is 1. The molecule has 1 aromatic carbocycles. The van der Waals surface area contributed by atoms with Gasteiger partial charge in [0.1, 0.15) is 5.75 Å². The maximum absolute atomic E-state index is 11.8. The Balaban J connectivity index is 1.39. The molecule has 4 atom stereocenters. The summed E-state index contributed by atoms with van der Waals surface area (Å²) in [6, 6.07) is 13.5. The molecule has 0 spiro atoms. The number of aromatic nitrogens is 2. The minimum Gasteiger partial charge on any atom is -0.497 e. The van der Waals surface area contributed by atoms with Crippen molar-refractivity contribution in [2.24, 2.45) is 11.8 Å². The van der Waals surface area contributed by atoms with E-state index in [0.29, 0.717) is 29.6 Å². The number of ether oxygens (including phenoxy) is 1. The van der Waals surface area contributed by atoms with Crippen LogP contribution in [-0.2, 0) is 6.42 Å². The standard InChI is InChI=1S/C25H33N5O2/c1-26-25(31)21-9-10-24(28-27-21)29-15-18-14-19(16-29)23(30-11-4-3-8-22(18)30)13-17-6-5-7-20(12-17)32-2/h5-7,9-10,12,18-19,22-23H,3-4,8,11,13-16H2,1-2H3,(H,26,31)/t18-,19+,22+,23+/m1/s1. The number of nitrogens with zero attached hydrogens (tertiary/aromatic N) is 4. The summed E-state index contributed by atoms with van der Waals surface area (Å²) >= 11 is 0. The largest absolute Gasteiger partial charge is 0.497 e. The molecule has 2 bridgehead atoms. The van der Waals surface area contributed by atoms with Gasteiger partial charge in [-0.1, -0.05) is 18.6 Å². The molecule has 1 N–H and O–H groups in total. The molecule has 5 rings (SSSR count). The van der Waals surface area contributed by atoms with Crippen molar-refractivity contribution in [1.82, 2.24) is 20.4 Å². The van der Waals surface area contributed by atoms with Gasteiger partial charge in [0.25, 0.3) is 5.91 Å². The zero-order valence-corrected chi connectivity index (χ0v) is 19.0. The molecule has 7 nitrogen and oxygen atoms in total. The third kappa shape index (κ3) is 4.06. The number of carbonyl (C=O) groups excluding carboxylic acids is 1. The summed E-state index contributed by atoms with van der Waals surface area (Å²) in [6.07, 6.45) is 6.27. The molecule has 170 valence electrons. The molecule has 7 heteroatoms. The number of benzene rings is 1. The lowest BCUT2D eigenvalue weighted by molar-refractivity contribution is -0.0318. The Morgan fingerprint density at radius 2 is 2.03 bits per heavy atom. The Morgan fingerprint density at radius 1 is 1.16 bits per heavy atom. The van der Waals surface area contributed by atoms with E-state index in [4.69, 9.17) is 4.74 Å². The first-order chi connectivity index (χ1) is 15.7. The fourth-order valence-corrected chi connectivity index (χ4v) is 6.16. The molecule has 0 saturated carbocycles. The molecule has 0 radical (unpaired) electrons. The average Bonchev–Trinajstić information content (AvgIpc) is 2.86. The molecular formula is C25H33N5O2. The van der Waals surface area contributed by atoms with E-state index in [1.165, 1.54) is 37.8 Å². The van der Waals surface area contributed by atoms with Crippen molar-refractivity contribution in [2.45, 2.75) is 44.2 Å². The number of hydrogen-bond donors (Lipinski definition) is 1. The van der Waals surface area contributed by atoms with Crippen LogP contribution >= 0.6 is 0 Å². The summed E-state index contributed by atoms with van der Waals surface area (Å²) in [5, 5.41) is 11.2. The van der Waals surface area contributed by atoms with Crippen LogP contribution in [0.3, 0.4) is 0 Å². The normalized spacial score (nSPS) is 27.5. The van der Waals surface area contributed by atoms with Crippen molar-refractivity contribution in [2.75, 3.05) is 38.7 Å². The lowest BCUT2D eigenvalue weighted by Crippen LogP contribution is -2.64. The fourth-order valence-electron chi connectivity index (χ4n) is 6.16. The van der Waals surface area contributed by atoms with Crippen LogP contribution in [-0.4, -0.2) is 66.9 Å². The zero-order chi connectivity index (χ0) is 22.1. The van der Waals surface area contributed by atoms with Crippen LogP contribution in [0, 0.1) is 11.8 Å². The molecule has 3 aliphatic rings. The minimum absolute atomic E-state index is 0.198. The van der Waals surface area contributed by atoms with Gasteiger partial charge >= 0.3 is 0 Å². The highest BCUT2D eigenvalue weighted by Crippen LogP contribution is 2.43. The SMILES string of the molecule is CNC(=O)c1ccc(N2C[C@H]3C[C@@H](C2)[C@H](Cc2cccc(OC)c2)N2CCCC[C@@H]32)nn1. The van der Waals surface area contributed by atoms with Crippen LogP contribution < -0.4 is 15.0 Å². The lowest BCUT2D eigenvalue weighted by Gasteiger charge is -2.57. The number of nitrogens with one attached hydrogen (secondary N) is 1. The first kappa shape index (κ1) is 21.2. The molecule has 2 aromatic rings. The molecule has 3 aliphatic heterocycles. The minimum atomic E-state index is -0.198. The fraction of sp³-hybridized carbons (Fsp3) is 0.560. The molecule has 4 heterocycles. The second-order valence-electron chi connectivity index (χ2n) is 9.44. The zero-order valence-electron chi connectivity index (χ0n) is 19.0. The van der Waals surface area contributed by atoms with E-state index in [1.807, 2.05) is 12.1 Å². The Hall–Kier alpha value is -2.67. The highest BCUT2D eigenvalue weighted by molar-refractivity contribution is 5.91. The summed E-state index contributed by atoms with van der Waals surface area (Å²) < 4.78 is 5.48. The van der Waals surface area contributed by atoms with Gasteiger partial charge < -0.3 is 15.0 Å². The van der Waals surface area contributed by atoms with Crippen molar-refractivity contribution in [3.8, 4) is 5.75 Å². The summed E-state index contributed by atoms with van der Waals surface area (Å²) in [5.74, 6) is 2.88. The van der Waals surface area contributed by atoms with Crippen molar-refractivity contribution in [1.29, 1.82) is 0 Å². The van der Waals surface area contributed by atoms with Gasteiger partial charge in [0.15, 0.2) is 11.5 Å². The molecule has 0 unspecified atom stereocenters. The number of piperidine rings is 3. The van der Waals surface area contributed by atoms with E-state index in [9.17, 15) is 4.79 Å². The first-order valence-corrected chi connectivity index (χ1v) is 11.9. The Kier molecular flexibility index (Phi) is 6.00. The highest BCUT2D eigenvalue weighted by Gasteiger charge is 2.47. The average molecular weight is 436 g/mol. The summed E-state index contributed by atoms with van der Waals surface area (Å²) in [7, 11) is 3.35. The van der Waals surface area contributed by atoms with Gasteiger partial charge in [-0.3, -0.25) is 9.69 Å². The number of hydrogen-bond acceptors (Lipinski definition) is 6. The maximum atomic E-state index is 11.8. The molecule has 1 aromatic heterocycles. The Labute approximate surface area is 190 Å². The molecule has 3 fully saturated rings. The number of carbonyl (C=O) groups is 1. The second kappa shape index (κ2) is 9.06. The van der Waals surface area contributed by atoms with E-state index >= 15 is 0 Å². The van der Waals surface area contributed by atoms with Crippen LogP contribution in [0.15, 0.2) is 36.4 Å². The van der Waals surface area contributed by atoms with Crippen LogP contribution in [0.2, 0.25) is 0 Å². The smallest absolute Gasteiger partial charge is 0.271 e. The van der Waals surface area contributed by atoms with Crippen LogP contribution in [0.1, 0.15) is 41.7 Å². The predicted octanol–water partition coefficient (Wildman–Crippen LogP) is 2.77. The van der Waals surface area contributed by atoms with Crippen molar-refractivity contribution in [3.05, 3.63) is 47.7 Å². The van der Waals surface area contributed by atoms with Gasteiger partial charge in [-0.25, -0.2) is 0 Å². The van der Waals surface area contributed by atoms with E-state index in [-0.39, 0.29) is 5.91 Å². The van der Waals surface area contributed by atoms with E-state index in [0.717, 1.165) is 31.1 Å². The van der Waals surface area contributed by atoms with Crippen LogP contribution in [0.25, 0.3) is 0 Å². The van der Waals surface area contributed by atoms with Gasteiger partial charge in [0, 0.05) is 32.2 Å². The quantitative estimate of drug-likeness (QED) is 0.779. The maximum Gasteiger partial charge on any atom is 0.271 e. The lowest BCUT2D eigenvalue weighted by atomic mass is 9.71. The molecule has 0 aliphatic carbocycles. The first-order valence-electron chi connectivity index (χ1n) is 11.9. The predicted molar refractivity (Wildman–Crippen MR) is 124 cm³/mol. The highest BCUT2D eigenvalue weighted by atomic mass is 16.5. The number of rotatable bonds is 5. The summed E-state index contributed by atoms with van der Waals surface area (Å²) in [4.78, 5) is 17.1. The monoisotopic (exact) mass is 435 g/mol. The third-order valence-electron chi connectivity index (χ3n) is 7.63. The van der Waals surface area contributed by atoms with Gasteiger partial charge in [-0.2, -0.15) is 0 Å². The van der Waals surface area contributed by atoms with Crippen LogP contribution in [0.5, 0.6) is 5.75 Å². The Bertz CT molecular complexity index is 950. The topological polar surface area (TPSA) is 70.6 Å². The van der Waals surface area contributed by atoms with E-state index < -0.39 is 0 Å². The third-order valence-corrected chi connectivity index (χ3v) is 7.63. The Morgan fingerprint density at radius 3 is 2.81 bits per heavy atom. The van der Waals surface area contributed by atoms with Crippen molar-refractivity contribution < 1.29 is 9.53 Å². The van der Waals surface area contributed by atoms with Gasteiger partial charge in [0.05, 0.1) is 7.11 Å². The van der Waals surface area contributed by atoms with Crippen molar-refractivity contribution in [3.63, 3.8) is 0 Å². The van der Waals surface area contributed by atoms with E-state index in [1.54, 1.807) is 20.2 Å². The van der Waals surface area contributed by atoms with E-state index in [2.05, 4.69) is 43.5 Å². The van der Waals surface area contributed by atoms with Crippen molar-refractivity contribution >= 4 is 11.7 Å².